The molecule has 0 aliphatic rings. The van der Waals surface area contributed by atoms with Crippen LogP contribution in [0.15, 0.2) is 30.3 Å². The average Bonchev–Trinajstić information content (AvgIpc) is 2.19. The fourth-order valence-electron chi connectivity index (χ4n) is 1.35. The molecule has 0 heterocycles. The summed E-state index contributed by atoms with van der Waals surface area (Å²) in [6.45, 7) is 0. The second-order valence-corrected chi connectivity index (χ2v) is 3.03. The van der Waals surface area contributed by atoms with Crippen LogP contribution in [0.2, 0.25) is 0 Å². The molecule has 0 aliphatic carbocycles. The van der Waals surface area contributed by atoms with Crippen LogP contribution in [0.25, 0.3) is 10.8 Å². The molecule has 1 N–H and O–H groups in total. The number of halogens is 1. The maximum atomic E-state index is 12.9. The van der Waals surface area contributed by atoms with E-state index < -0.39 is 5.82 Å². The fourth-order valence-corrected chi connectivity index (χ4v) is 1.35. The van der Waals surface area contributed by atoms with Gasteiger partial charge in [-0.1, -0.05) is 12.1 Å². The lowest BCUT2D eigenvalue weighted by Crippen LogP contribution is -1.82. The van der Waals surface area contributed by atoms with Crippen molar-refractivity contribution in [3.05, 3.63) is 41.7 Å². The van der Waals surface area contributed by atoms with Crippen molar-refractivity contribution in [2.45, 2.75) is 0 Å². The molecule has 0 saturated heterocycles. The van der Waals surface area contributed by atoms with Crippen LogP contribution in [-0.4, -0.2) is 11.4 Å². The van der Waals surface area contributed by atoms with E-state index in [1.54, 1.807) is 18.2 Å². The zero-order valence-corrected chi connectivity index (χ0v) is 7.20. The zero-order chi connectivity index (χ0) is 10.1. The second kappa shape index (κ2) is 3.10. The molecular weight excluding hydrogens is 183 g/mol. The number of rotatable bonds is 1. The Morgan fingerprint density at radius 3 is 2.64 bits per heavy atom. The highest BCUT2D eigenvalue weighted by Gasteiger charge is 2.03. The third-order valence-electron chi connectivity index (χ3n) is 2.07. The van der Waals surface area contributed by atoms with Gasteiger partial charge in [0.05, 0.1) is 0 Å². The number of phenolic OH excluding ortho intramolecular Hbond substituents is 1. The third kappa shape index (κ3) is 1.33. The number of hydrogen-bond donors (Lipinski definition) is 1. The van der Waals surface area contributed by atoms with Gasteiger partial charge in [-0.3, -0.25) is 4.79 Å². The van der Waals surface area contributed by atoms with Crippen LogP contribution in [0, 0.1) is 5.82 Å². The van der Waals surface area contributed by atoms with Crippen molar-refractivity contribution in [1.82, 2.24) is 0 Å². The summed E-state index contributed by atoms with van der Waals surface area (Å²) in [7, 11) is 0. The molecule has 0 amide bonds. The molecule has 3 heteroatoms. The van der Waals surface area contributed by atoms with Crippen molar-refractivity contribution in [1.29, 1.82) is 0 Å². The zero-order valence-electron chi connectivity index (χ0n) is 7.20. The molecule has 2 aromatic carbocycles. The highest BCUT2D eigenvalue weighted by molar-refractivity contribution is 5.89. The van der Waals surface area contributed by atoms with E-state index in [-0.39, 0.29) is 5.75 Å². The van der Waals surface area contributed by atoms with E-state index in [0.717, 1.165) is 0 Å². The SMILES string of the molecule is O=Cc1ccc2cc(O)c(F)cc2c1. The summed E-state index contributed by atoms with van der Waals surface area (Å²) in [5.74, 6) is -1.06. The van der Waals surface area contributed by atoms with Gasteiger partial charge in [-0.05, 0) is 29.0 Å². The highest BCUT2D eigenvalue weighted by atomic mass is 19.1. The third-order valence-corrected chi connectivity index (χ3v) is 2.07. The monoisotopic (exact) mass is 190 g/mol. The predicted molar refractivity (Wildman–Crippen MR) is 51.0 cm³/mol. The smallest absolute Gasteiger partial charge is 0.165 e. The van der Waals surface area contributed by atoms with E-state index in [9.17, 15) is 9.18 Å². The van der Waals surface area contributed by atoms with Gasteiger partial charge in [0.15, 0.2) is 11.6 Å². The van der Waals surface area contributed by atoms with Gasteiger partial charge in [0, 0.05) is 5.56 Å². The Balaban J connectivity index is 2.76. The molecule has 0 unspecified atom stereocenters. The molecular formula is C11H7FO2. The number of aromatic hydroxyl groups is 1. The number of carbonyl (C=O) groups excluding carboxylic acids is 1. The number of carbonyl (C=O) groups is 1. The van der Waals surface area contributed by atoms with Gasteiger partial charge in [0.2, 0.25) is 0 Å². The van der Waals surface area contributed by atoms with Gasteiger partial charge < -0.3 is 5.11 Å². The number of aldehydes is 1. The van der Waals surface area contributed by atoms with Crippen LogP contribution < -0.4 is 0 Å². The fraction of sp³-hybridized carbons (Fsp3) is 0. The minimum atomic E-state index is -0.680. The summed E-state index contributed by atoms with van der Waals surface area (Å²) < 4.78 is 12.9. The summed E-state index contributed by atoms with van der Waals surface area (Å²) in [6, 6.07) is 7.40. The number of phenols is 1. The molecule has 0 fully saturated rings. The maximum absolute atomic E-state index is 12.9. The van der Waals surface area contributed by atoms with Crippen LogP contribution in [0.5, 0.6) is 5.75 Å². The molecule has 0 radical (unpaired) electrons. The lowest BCUT2D eigenvalue weighted by molar-refractivity contribution is 0.112. The second-order valence-electron chi connectivity index (χ2n) is 3.03. The first-order valence-corrected chi connectivity index (χ1v) is 4.08. The minimum absolute atomic E-state index is 0.378. The molecule has 2 aromatic rings. The Kier molecular flexibility index (Phi) is 1.93. The van der Waals surface area contributed by atoms with Gasteiger partial charge >= 0.3 is 0 Å². The van der Waals surface area contributed by atoms with E-state index in [4.69, 9.17) is 5.11 Å². The quantitative estimate of drug-likeness (QED) is 0.701. The van der Waals surface area contributed by atoms with Crippen molar-refractivity contribution in [3.8, 4) is 5.75 Å². The van der Waals surface area contributed by atoms with Gasteiger partial charge in [-0.2, -0.15) is 0 Å². The van der Waals surface area contributed by atoms with E-state index in [1.165, 1.54) is 12.1 Å². The van der Waals surface area contributed by atoms with Gasteiger partial charge in [0.1, 0.15) is 6.29 Å². The van der Waals surface area contributed by atoms with Gasteiger partial charge in [-0.15, -0.1) is 0 Å². The minimum Gasteiger partial charge on any atom is -0.505 e. The first-order valence-electron chi connectivity index (χ1n) is 4.08. The lowest BCUT2D eigenvalue weighted by Gasteiger charge is -2.00. The summed E-state index contributed by atoms with van der Waals surface area (Å²) in [5, 5.41) is 10.4. The molecule has 2 nitrogen and oxygen atoms in total. The standard InChI is InChI=1S/C11H7FO2/c12-10-4-9-3-7(6-13)1-2-8(9)5-11(10)14/h1-6,14H. The van der Waals surface area contributed by atoms with Gasteiger partial charge in [0.25, 0.3) is 0 Å². The summed E-state index contributed by atoms with van der Waals surface area (Å²) in [5.41, 5.74) is 0.489. The van der Waals surface area contributed by atoms with Crippen molar-refractivity contribution < 1.29 is 14.3 Å². The van der Waals surface area contributed by atoms with Crippen LogP contribution in [-0.2, 0) is 0 Å². The molecule has 70 valence electrons. The van der Waals surface area contributed by atoms with Crippen molar-refractivity contribution in [3.63, 3.8) is 0 Å². The van der Waals surface area contributed by atoms with E-state index >= 15 is 0 Å². The Morgan fingerprint density at radius 2 is 1.93 bits per heavy atom. The van der Waals surface area contributed by atoms with Crippen molar-refractivity contribution in [2.75, 3.05) is 0 Å². The van der Waals surface area contributed by atoms with E-state index in [2.05, 4.69) is 0 Å². The summed E-state index contributed by atoms with van der Waals surface area (Å²) in [4.78, 5) is 10.5. The van der Waals surface area contributed by atoms with E-state index in [1.807, 2.05) is 0 Å². The Hall–Kier alpha value is -1.90. The Bertz CT molecular complexity index is 506. The van der Waals surface area contributed by atoms with Gasteiger partial charge in [-0.25, -0.2) is 4.39 Å². The van der Waals surface area contributed by atoms with Crippen molar-refractivity contribution in [2.24, 2.45) is 0 Å². The maximum Gasteiger partial charge on any atom is 0.165 e. The predicted octanol–water partition coefficient (Wildman–Crippen LogP) is 2.50. The largest absolute Gasteiger partial charge is 0.505 e. The van der Waals surface area contributed by atoms with E-state index in [0.29, 0.717) is 22.6 Å². The first kappa shape index (κ1) is 8.69. The molecule has 0 atom stereocenters. The highest BCUT2D eigenvalue weighted by Crippen LogP contribution is 2.24. The molecule has 2 rings (SSSR count). The molecule has 0 aromatic heterocycles. The molecule has 0 saturated carbocycles. The lowest BCUT2D eigenvalue weighted by atomic mass is 10.1. The number of fused-ring (bicyclic) bond motifs is 1. The topological polar surface area (TPSA) is 37.3 Å². The Labute approximate surface area is 79.6 Å². The van der Waals surface area contributed by atoms with Crippen LogP contribution in [0.1, 0.15) is 10.4 Å². The summed E-state index contributed by atoms with van der Waals surface area (Å²) >= 11 is 0. The molecule has 0 bridgehead atoms. The first-order chi connectivity index (χ1) is 6.70. The average molecular weight is 190 g/mol. The molecule has 0 spiro atoms. The van der Waals surface area contributed by atoms with Crippen LogP contribution in [0.4, 0.5) is 4.39 Å². The summed E-state index contributed by atoms with van der Waals surface area (Å²) in [6.07, 6.45) is 0.699. The molecule has 0 aliphatic heterocycles. The van der Waals surface area contributed by atoms with Crippen molar-refractivity contribution >= 4 is 17.1 Å². The normalized spacial score (nSPS) is 10.4. The molecule has 14 heavy (non-hydrogen) atoms. The van der Waals surface area contributed by atoms with Crippen LogP contribution >= 0.6 is 0 Å². The number of benzene rings is 2. The van der Waals surface area contributed by atoms with Crippen LogP contribution in [0.3, 0.4) is 0 Å². The Morgan fingerprint density at radius 1 is 1.14 bits per heavy atom. The number of hydrogen-bond acceptors (Lipinski definition) is 2.